The van der Waals surface area contributed by atoms with Crippen LogP contribution in [0.5, 0.6) is 0 Å². The van der Waals surface area contributed by atoms with Crippen LogP contribution in [-0.2, 0) is 4.79 Å². The highest BCUT2D eigenvalue weighted by molar-refractivity contribution is 7.99. The molecule has 4 fully saturated rings. The van der Waals surface area contributed by atoms with E-state index in [1.165, 1.54) is 44.9 Å². The largest absolute Gasteiger partial charge is 0.300 e. The minimum Gasteiger partial charge on any atom is -0.300 e. The van der Waals surface area contributed by atoms with Gasteiger partial charge in [-0.15, -0.1) is 0 Å². The molecule has 22 heavy (non-hydrogen) atoms. The molecule has 7 atom stereocenters. The lowest BCUT2D eigenvalue weighted by molar-refractivity contribution is -0.137. The summed E-state index contributed by atoms with van der Waals surface area (Å²) in [6.07, 6.45) is 13.8. The molecule has 4 saturated carbocycles. The first kappa shape index (κ1) is 15.5. The number of ketones is 1. The molecule has 1 unspecified atom stereocenters. The Labute approximate surface area is 140 Å². The van der Waals surface area contributed by atoms with Gasteiger partial charge in [-0.2, -0.15) is 11.8 Å². The Bertz CT molecular complexity index is 474. The van der Waals surface area contributed by atoms with Crippen LogP contribution in [0, 0.1) is 34.5 Å². The summed E-state index contributed by atoms with van der Waals surface area (Å²) in [7, 11) is 0. The maximum atomic E-state index is 11.9. The molecule has 0 spiro atoms. The maximum Gasteiger partial charge on any atom is 0.133 e. The molecule has 4 aliphatic carbocycles. The molecule has 124 valence electrons. The maximum absolute atomic E-state index is 11.9. The van der Waals surface area contributed by atoms with E-state index in [1.807, 2.05) is 0 Å². The molecule has 0 aromatic rings. The van der Waals surface area contributed by atoms with Gasteiger partial charge in [0.05, 0.1) is 0 Å². The van der Waals surface area contributed by atoms with E-state index in [1.54, 1.807) is 0 Å². The second-order valence-corrected chi connectivity index (χ2v) is 10.3. The van der Waals surface area contributed by atoms with E-state index in [-0.39, 0.29) is 0 Å². The van der Waals surface area contributed by atoms with Gasteiger partial charge in [0.1, 0.15) is 5.78 Å². The second-order valence-electron chi connectivity index (χ2n) is 9.25. The van der Waals surface area contributed by atoms with Gasteiger partial charge in [-0.25, -0.2) is 0 Å². The van der Waals surface area contributed by atoms with Crippen molar-refractivity contribution in [3.05, 3.63) is 0 Å². The highest BCUT2D eigenvalue weighted by Gasteiger charge is 2.59. The molecule has 4 rings (SSSR count). The van der Waals surface area contributed by atoms with Crippen molar-refractivity contribution in [2.24, 2.45) is 34.5 Å². The van der Waals surface area contributed by atoms with Gasteiger partial charge in [-0.1, -0.05) is 13.8 Å². The Morgan fingerprint density at radius 3 is 2.50 bits per heavy atom. The predicted molar refractivity (Wildman–Crippen MR) is 94.0 cm³/mol. The normalized spacial score (nSPS) is 54.5. The third kappa shape index (κ3) is 2.01. The van der Waals surface area contributed by atoms with Crippen LogP contribution in [0.15, 0.2) is 0 Å². The van der Waals surface area contributed by atoms with E-state index in [9.17, 15) is 4.79 Å². The second kappa shape index (κ2) is 5.26. The molecular formula is C20H32OS. The van der Waals surface area contributed by atoms with Gasteiger partial charge in [0.15, 0.2) is 0 Å². The molecule has 2 heteroatoms. The van der Waals surface area contributed by atoms with Crippen molar-refractivity contribution in [3.8, 4) is 0 Å². The number of carbonyl (C=O) groups excluding carboxylic acids is 1. The van der Waals surface area contributed by atoms with Crippen molar-refractivity contribution in [2.45, 2.75) is 76.9 Å². The Kier molecular flexibility index (Phi) is 3.72. The summed E-state index contributed by atoms with van der Waals surface area (Å²) in [4.78, 5) is 11.9. The molecule has 0 bridgehead atoms. The standard InChI is InChI=1S/C20H32OS/c1-19-10-8-14(21)12-13(19)4-5-15-16-6-7-18(22-3)20(16,2)11-9-17(15)19/h13,15-18H,4-12H2,1-3H3/t13?,15-,16-,17-,18-,19-,20-/m0/s1. The Morgan fingerprint density at radius 2 is 1.73 bits per heavy atom. The van der Waals surface area contributed by atoms with Crippen molar-refractivity contribution in [1.82, 2.24) is 0 Å². The topological polar surface area (TPSA) is 17.1 Å². The summed E-state index contributed by atoms with van der Waals surface area (Å²) < 4.78 is 0. The van der Waals surface area contributed by atoms with Crippen molar-refractivity contribution in [1.29, 1.82) is 0 Å². The molecule has 0 aromatic heterocycles. The average Bonchev–Trinajstić information content (AvgIpc) is 2.84. The highest BCUT2D eigenvalue weighted by Crippen LogP contribution is 2.67. The zero-order valence-electron chi connectivity index (χ0n) is 14.6. The van der Waals surface area contributed by atoms with E-state index >= 15 is 0 Å². The Balaban J connectivity index is 1.62. The SMILES string of the molecule is CS[C@H]1CC[C@H]2[C@@H]3CCC4CC(=O)CC[C@]4(C)[C@H]3CC[C@]12C. The van der Waals surface area contributed by atoms with Crippen LogP contribution < -0.4 is 0 Å². The molecule has 0 radical (unpaired) electrons. The van der Waals surface area contributed by atoms with Crippen LogP contribution in [0.2, 0.25) is 0 Å². The lowest BCUT2D eigenvalue weighted by Gasteiger charge is -2.60. The summed E-state index contributed by atoms with van der Waals surface area (Å²) in [6.45, 7) is 5.17. The van der Waals surface area contributed by atoms with Crippen LogP contribution in [0.25, 0.3) is 0 Å². The molecule has 0 aromatic carbocycles. The molecule has 0 saturated heterocycles. The summed E-state index contributed by atoms with van der Waals surface area (Å²) in [5, 5.41) is 0.900. The van der Waals surface area contributed by atoms with Crippen LogP contribution in [0.4, 0.5) is 0 Å². The number of Topliss-reactive ketones (excluding diaryl/α,β-unsaturated/α-hetero) is 1. The molecular weight excluding hydrogens is 288 g/mol. The first-order valence-corrected chi connectivity index (χ1v) is 10.8. The third-order valence-electron chi connectivity index (χ3n) is 8.68. The van der Waals surface area contributed by atoms with Crippen molar-refractivity contribution in [3.63, 3.8) is 0 Å². The van der Waals surface area contributed by atoms with E-state index in [2.05, 4.69) is 31.9 Å². The number of hydrogen-bond acceptors (Lipinski definition) is 2. The average molecular weight is 321 g/mol. The zero-order chi connectivity index (χ0) is 15.5. The summed E-state index contributed by atoms with van der Waals surface area (Å²) in [5.74, 6) is 4.10. The molecule has 0 amide bonds. The Morgan fingerprint density at radius 1 is 0.955 bits per heavy atom. The van der Waals surface area contributed by atoms with Crippen LogP contribution in [-0.4, -0.2) is 17.3 Å². The van der Waals surface area contributed by atoms with Crippen molar-refractivity contribution < 1.29 is 4.79 Å². The molecule has 0 aliphatic heterocycles. The molecule has 0 N–H and O–H groups in total. The van der Waals surface area contributed by atoms with Gasteiger partial charge in [-0.05, 0) is 85.7 Å². The number of fused-ring (bicyclic) bond motifs is 5. The quantitative estimate of drug-likeness (QED) is 0.649. The smallest absolute Gasteiger partial charge is 0.133 e. The van der Waals surface area contributed by atoms with E-state index < -0.39 is 0 Å². The van der Waals surface area contributed by atoms with Gasteiger partial charge in [0.2, 0.25) is 0 Å². The van der Waals surface area contributed by atoms with Crippen LogP contribution in [0.3, 0.4) is 0 Å². The minimum absolute atomic E-state index is 0.482. The molecule has 1 nitrogen and oxygen atoms in total. The number of carbonyl (C=O) groups is 1. The van der Waals surface area contributed by atoms with Gasteiger partial charge in [-0.3, -0.25) is 4.79 Å². The van der Waals surface area contributed by atoms with Gasteiger partial charge < -0.3 is 0 Å². The zero-order valence-corrected chi connectivity index (χ0v) is 15.4. The van der Waals surface area contributed by atoms with Crippen LogP contribution in [0.1, 0.15) is 71.6 Å². The summed E-state index contributed by atoms with van der Waals surface area (Å²) in [6, 6.07) is 0. The van der Waals surface area contributed by atoms with E-state index in [0.29, 0.717) is 22.5 Å². The summed E-state index contributed by atoms with van der Waals surface area (Å²) in [5.41, 5.74) is 1.09. The van der Waals surface area contributed by atoms with Crippen molar-refractivity contribution in [2.75, 3.05) is 6.26 Å². The van der Waals surface area contributed by atoms with Crippen molar-refractivity contribution >= 4 is 17.5 Å². The minimum atomic E-state index is 0.482. The number of thioether (sulfide) groups is 1. The van der Waals surface area contributed by atoms with E-state index in [4.69, 9.17) is 0 Å². The first-order chi connectivity index (χ1) is 10.5. The fourth-order valence-corrected chi connectivity index (χ4v) is 8.59. The Hall–Kier alpha value is 0.0200. The first-order valence-electron chi connectivity index (χ1n) is 9.53. The monoisotopic (exact) mass is 320 g/mol. The lowest BCUT2D eigenvalue weighted by atomic mass is 9.45. The van der Waals surface area contributed by atoms with Gasteiger partial charge in [0, 0.05) is 18.1 Å². The third-order valence-corrected chi connectivity index (χ3v) is 10.0. The predicted octanol–water partition coefficient (Wildman–Crippen LogP) is 5.33. The van der Waals surface area contributed by atoms with Gasteiger partial charge >= 0.3 is 0 Å². The fourth-order valence-electron chi connectivity index (χ4n) is 7.38. The van der Waals surface area contributed by atoms with E-state index in [0.717, 1.165) is 35.8 Å². The number of hydrogen-bond donors (Lipinski definition) is 0. The number of rotatable bonds is 1. The lowest BCUT2D eigenvalue weighted by Crippen LogP contribution is -2.53. The fraction of sp³-hybridized carbons (Fsp3) is 0.950. The highest BCUT2D eigenvalue weighted by atomic mass is 32.2. The van der Waals surface area contributed by atoms with Gasteiger partial charge in [0.25, 0.3) is 0 Å². The van der Waals surface area contributed by atoms with Crippen LogP contribution >= 0.6 is 11.8 Å². The molecule has 4 aliphatic rings. The summed E-state index contributed by atoms with van der Waals surface area (Å²) >= 11 is 2.13. The molecule has 0 heterocycles.